The van der Waals surface area contributed by atoms with E-state index in [0.717, 1.165) is 180 Å². The fraction of sp³-hybridized carbons (Fsp3) is 0.617. The monoisotopic (exact) mass is 1420 g/mol. The predicted molar refractivity (Wildman–Crippen MR) is 408 cm³/mol. The van der Waals surface area contributed by atoms with Gasteiger partial charge in [-0.2, -0.15) is 0 Å². The third kappa shape index (κ3) is 73.9. The Balaban J connectivity index is 4.70. The van der Waals surface area contributed by atoms with Crippen LogP contribution in [0.25, 0.3) is 0 Å². The number of phosphoric acid groups is 2. The SMILES string of the molecule is CC/C=C\C/C=C\C/C=C\C/C=C\C/C=C\CCCCCCCCCCCC(=O)OCC(O)COP(=O)(O)OCC(O)COP(=O)(O)OCC(COC(=O)CCCCC/C=C\C/C=C\C/C=C\C/C=C\C/C=C\CC)OC(=O)CCCCCCCC/C=C\C/C=C\C/C=C\C/C=C\CC. The zero-order chi connectivity index (χ0) is 72.3. The van der Waals surface area contributed by atoms with E-state index in [1.54, 1.807) is 0 Å². The number of unbranched alkanes of at least 4 members (excludes halogenated alkanes) is 18. The molecule has 0 amide bonds. The molecule has 99 heavy (non-hydrogen) atoms. The number of carbonyl (C=O) groups is 3. The summed E-state index contributed by atoms with van der Waals surface area (Å²) in [5, 5.41) is 20.6. The first kappa shape index (κ1) is 93.9. The molecule has 0 fully saturated rings. The second kappa shape index (κ2) is 72.7. The number of esters is 3. The summed E-state index contributed by atoms with van der Waals surface area (Å²) in [7, 11) is -9.82. The van der Waals surface area contributed by atoms with Gasteiger partial charge in [-0.15, -0.1) is 0 Å². The number of phosphoric ester groups is 2. The van der Waals surface area contributed by atoms with E-state index in [1.807, 2.05) is 0 Å². The summed E-state index contributed by atoms with van der Waals surface area (Å²) in [6.07, 6.45) is 91.0. The van der Waals surface area contributed by atoms with E-state index < -0.39 is 91.5 Å². The minimum absolute atomic E-state index is 0.0740. The van der Waals surface area contributed by atoms with E-state index in [4.69, 9.17) is 32.3 Å². The average Bonchev–Trinajstić information content (AvgIpc) is 2.90. The van der Waals surface area contributed by atoms with Gasteiger partial charge in [0.1, 0.15) is 25.4 Å². The van der Waals surface area contributed by atoms with E-state index in [-0.39, 0.29) is 19.3 Å². The highest BCUT2D eigenvalue weighted by atomic mass is 31.2. The average molecular weight is 1420 g/mol. The van der Waals surface area contributed by atoms with Crippen molar-refractivity contribution in [1.82, 2.24) is 0 Å². The number of rotatable bonds is 69. The summed E-state index contributed by atoms with van der Waals surface area (Å²) < 4.78 is 61.1. The van der Waals surface area contributed by atoms with Crippen molar-refractivity contribution < 1.29 is 75.8 Å². The van der Waals surface area contributed by atoms with E-state index >= 15 is 0 Å². The zero-order valence-electron chi connectivity index (χ0n) is 61.1. The number of carbonyl (C=O) groups excluding carboxylic acids is 3. The molecule has 5 unspecified atom stereocenters. The second-order valence-electron chi connectivity index (χ2n) is 24.3. The number of aliphatic hydroxyl groups excluding tert-OH is 2. The number of aliphatic hydroxyl groups is 2. The van der Waals surface area contributed by atoms with E-state index in [2.05, 4.69) is 191 Å². The lowest BCUT2D eigenvalue weighted by Gasteiger charge is -2.21. The van der Waals surface area contributed by atoms with E-state index in [9.17, 15) is 43.5 Å². The Labute approximate surface area is 599 Å². The maximum absolute atomic E-state index is 13.0. The first-order valence-corrected chi connectivity index (χ1v) is 40.4. The topological polar surface area (TPSA) is 231 Å². The molecular weight excluding hydrogens is 1290 g/mol. The number of allylic oxidation sites excluding steroid dienone is 28. The lowest BCUT2D eigenvalue weighted by molar-refractivity contribution is -0.161. The Morgan fingerprint density at radius 1 is 0.283 bits per heavy atom. The molecule has 0 heterocycles. The molecule has 0 aliphatic rings. The van der Waals surface area contributed by atoms with Crippen molar-refractivity contribution in [3.63, 3.8) is 0 Å². The molecule has 0 saturated carbocycles. The van der Waals surface area contributed by atoms with Crippen LogP contribution in [0.15, 0.2) is 170 Å². The van der Waals surface area contributed by atoms with Crippen molar-refractivity contribution in [2.24, 2.45) is 0 Å². The predicted octanol–water partition coefficient (Wildman–Crippen LogP) is 21.6. The van der Waals surface area contributed by atoms with Crippen LogP contribution in [0, 0.1) is 0 Å². The minimum Gasteiger partial charge on any atom is -0.463 e. The summed E-state index contributed by atoms with van der Waals surface area (Å²) in [5.41, 5.74) is 0. The molecule has 0 saturated heterocycles. The van der Waals surface area contributed by atoms with Crippen LogP contribution in [0.2, 0.25) is 0 Å². The smallest absolute Gasteiger partial charge is 0.463 e. The molecule has 0 aliphatic carbocycles. The van der Waals surface area contributed by atoms with Crippen molar-refractivity contribution in [1.29, 1.82) is 0 Å². The Kier molecular flexibility index (Phi) is 69.0. The molecule has 0 rings (SSSR count). The molecular formula is C81H132O16P2. The summed E-state index contributed by atoms with van der Waals surface area (Å²) in [6.45, 7) is 2.25. The lowest BCUT2D eigenvalue weighted by atomic mass is 10.1. The number of hydrogen-bond donors (Lipinski definition) is 4. The fourth-order valence-electron chi connectivity index (χ4n) is 9.32. The van der Waals surface area contributed by atoms with Gasteiger partial charge in [0.2, 0.25) is 0 Å². The van der Waals surface area contributed by atoms with Gasteiger partial charge in [0, 0.05) is 19.3 Å². The van der Waals surface area contributed by atoms with Crippen LogP contribution in [0.1, 0.15) is 265 Å². The Hall–Kier alpha value is -5.09. The van der Waals surface area contributed by atoms with Crippen LogP contribution < -0.4 is 0 Å². The van der Waals surface area contributed by atoms with Crippen LogP contribution in [0.4, 0.5) is 0 Å². The zero-order valence-corrected chi connectivity index (χ0v) is 62.9. The molecule has 18 heteroatoms. The molecule has 0 aliphatic heterocycles. The van der Waals surface area contributed by atoms with Gasteiger partial charge in [-0.05, 0) is 148 Å². The molecule has 0 radical (unpaired) electrons. The van der Waals surface area contributed by atoms with Gasteiger partial charge in [0.25, 0.3) is 0 Å². The third-order valence-electron chi connectivity index (χ3n) is 14.9. The van der Waals surface area contributed by atoms with Crippen LogP contribution in [0.3, 0.4) is 0 Å². The Bertz CT molecular complexity index is 2480. The maximum Gasteiger partial charge on any atom is 0.472 e. The van der Waals surface area contributed by atoms with E-state index in [0.29, 0.717) is 19.3 Å². The highest BCUT2D eigenvalue weighted by Gasteiger charge is 2.29. The van der Waals surface area contributed by atoms with Crippen molar-refractivity contribution in [3.05, 3.63) is 170 Å². The lowest BCUT2D eigenvalue weighted by Crippen LogP contribution is -2.30. The molecule has 0 aromatic heterocycles. The highest BCUT2D eigenvalue weighted by molar-refractivity contribution is 7.47. The first-order chi connectivity index (χ1) is 48.2. The normalized spacial score (nSPS) is 15.0. The molecule has 0 aromatic rings. The van der Waals surface area contributed by atoms with Crippen LogP contribution in [-0.2, 0) is 55.8 Å². The van der Waals surface area contributed by atoms with Crippen molar-refractivity contribution in [2.75, 3.05) is 39.6 Å². The van der Waals surface area contributed by atoms with Crippen molar-refractivity contribution >= 4 is 33.6 Å². The Morgan fingerprint density at radius 3 is 0.808 bits per heavy atom. The molecule has 562 valence electrons. The fourth-order valence-corrected chi connectivity index (χ4v) is 10.9. The van der Waals surface area contributed by atoms with Gasteiger partial charge in [0.15, 0.2) is 6.10 Å². The van der Waals surface area contributed by atoms with Gasteiger partial charge in [-0.3, -0.25) is 32.5 Å². The summed E-state index contributed by atoms with van der Waals surface area (Å²) in [6, 6.07) is 0. The second-order valence-corrected chi connectivity index (χ2v) is 27.2. The molecule has 4 N–H and O–H groups in total. The van der Waals surface area contributed by atoms with Crippen LogP contribution in [0.5, 0.6) is 0 Å². The molecule has 5 atom stereocenters. The minimum atomic E-state index is -4.95. The molecule has 0 spiro atoms. The Morgan fingerprint density at radius 2 is 0.505 bits per heavy atom. The summed E-state index contributed by atoms with van der Waals surface area (Å²) in [5.74, 6) is -1.65. The largest absolute Gasteiger partial charge is 0.472 e. The highest BCUT2D eigenvalue weighted by Crippen LogP contribution is 2.45. The quantitative estimate of drug-likeness (QED) is 0.0146. The van der Waals surface area contributed by atoms with Gasteiger partial charge >= 0.3 is 33.6 Å². The summed E-state index contributed by atoms with van der Waals surface area (Å²) in [4.78, 5) is 58.6. The van der Waals surface area contributed by atoms with Crippen LogP contribution >= 0.6 is 15.6 Å². The third-order valence-corrected chi connectivity index (χ3v) is 16.8. The number of hydrogen-bond acceptors (Lipinski definition) is 14. The van der Waals surface area contributed by atoms with Gasteiger partial charge in [-0.25, -0.2) is 9.13 Å². The standard InChI is InChI=1S/C81H132O16P2/c1-4-7-10-13-16-19-22-25-28-31-34-35-36-37-38-39-42-44-46-49-52-55-58-61-64-67-79(84)91-70-76(82)71-93-98(87,88)94-72-77(83)73-95-99(89,90)96-75-78(97-81(86)69-66-63-60-57-54-51-48-45-41-33-30-27-24-21-18-15-12-9-6-3)74-92-80(85)68-65-62-59-56-53-50-47-43-40-32-29-26-23-20-17-14-11-8-5-2/h7-12,16-21,25-30,34-35,37-38,40-41,43,45,50,53,76-78,82-83H,4-6,13-15,22-24,31-33,36,39,42,44,46-49,51-52,54-75H2,1-3H3,(H,87,88)(H,89,90)/b10-7-,11-8-,12-9-,19-16-,20-17-,21-18-,28-25-,29-26-,30-27-,35-34-,38-37-,43-40-,45-41-,53-50-. The van der Waals surface area contributed by atoms with Crippen molar-refractivity contribution in [2.45, 2.75) is 283 Å². The first-order valence-electron chi connectivity index (χ1n) is 37.4. The van der Waals surface area contributed by atoms with E-state index in [1.165, 1.54) is 25.7 Å². The van der Waals surface area contributed by atoms with Gasteiger partial charge < -0.3 is 34.2 Å². The van der Waals surface area contributed by atoms with Crippen LogP contribution in [-0.4, -0.2) is 95.9 Å². The molecule has 0 aromatic carbocycles. The summed E-state index contributed by atoms with van der Waals surface area (Å²) >= 11 is 0. The molecule has 0 bridgehead atoms. The van der Waals surface area contributed by atoms with Gasteiger partial charge in [0.05, 0.1) is 26.4 Å². The number of ether oxygens (including phenoxy) is 3. The van der Waals surface area contributed by atoms with Gasteiger partial charge in [-0.1, -0.05) is 268 Å². The maximum atomic E-state index is 13.0. The molecule has 16 nitrogen and oxygen atoms in total. The van der Waals surface area contributed by atoms with Crippen molar-refractivity contribution in [3.8, 4) is 0 Å².